The SMILES string of the molecule is Cc1ccc(NC(=O)CSc2nnc(-c3cc(Br)ccc3O)n2-c2ccc(C)cc2C)cc1. The van der Waals surface area contributed by atoms with E-state index in [1.165, 1.54) is 11.8 Å². The van der Waals surface area contributed by atoms with Gasteiger partial charge in [-0.15, -0.1) is 10.2 Å². The number of anilines is 1. The monoisotopic (exact) mass is 522 g/mol. The number of aromatic hydroxyl groups is 1. The molecule has 0 saturated heterocycles. The van der Waals surface area contributed by atoms with Crippen molar-refractivity contribution in [1.82, 2.24) is 14.8 Å². The van der Waals surface area contributed by atoms with Gasteiger partial charge in [0.1, 0.15) is 5.75 Å². The van der Waals surface area contributed by atoms with Crippen molar-refractivity contribution in [3.05, 3.63) is 81.8 Å². The van der Waals surface area contributed by atoms with Gasteiger partial charge in [0.15, 0.2) is 11.0 Å². The molecule has 4 rings (SSSR count). The average Bonchev–Trinajstić information content (AvgIpc) is 3.19. The fourth-order valence-electron chi connectivity index (χ4n) is 3.46. The van der Waals surface area contributed by atoms with Crippen molar-refractivity contribution in [3.63, 3.8) is 0 Å². The van der Waals surface area contributed by atoms with Gasteiger partial charge in [0, 0.05) is 10.2 Å². The van der Waals surface area contributed by atoms with Gasteiger partial charge in [0.05, 0.1) is 17.0 Å². The summed E-state index contributed by atoms with van der Waals surface area (Å²) in [5.41, 5.74) is 5.50. The lowest BCUT2D eigenvalue weighted by molar-refractivity contribution is -0.113. The van der Waals surface area contributed by atoms with Gasteiger partial charge in [-0.1, -0.05) is 63.1 Å². The Balaban J connectivity index is 1.68. The first-order valence-electron chi connectivity index (χ1n) is 10.3. The summed E-state index contributed by atoms with van der Waals surface area (Å²) < 4.78 is 2.71. The van der Waals surface area contributed by atoms with Crippen molar-refractivity contribution in [1.29, 1.82) is 0 Å². The number of phenolic OH excluding ortho intramolecular Hbond substituents is 1. The summed E-state index contributed by atoms with van der Waals surface area (Å²) >= 11 is 4.76. The Morgan fingerprint density at radius 3 is 2.45 bits per heavy atom. The number of hydrogen-bond acceptors (Lipinski definition) is 5. The van der Waals surface area contributed by atoms with Gasteiger partial charge in [0.25, 0.3) is 0 Å². The Morgan fingerprint density at radius 2 is 1.73 bits per heavy atom. The Morgan fingerprint density at radius 1 is 1.00 bits per heavy atom. The fourth-order valence-corrected chi connectivity index (χ4v) is 4.57. The number of halogens is 1. The van der Waals surface area contributed by atoms with E-state index in [4.69, 9.17) is 0 Å². The molecule has 2 N–H and O–H groups in total. The van der Waals surface area contributed by atoms with E-state index in [0.717, 1.165) is 32.5 Å². The molecule has 6 nitrogen and oxygen atoms in total. The van der Waals surface area contributed by atoms with E-state index in [1.807, 2.05) is 61.7 Å². The second kappa shape index (κ2) is 9.80. The van der Waals surface area contributed by atoms with Crippen molar-refractivity contribution in [3.8, 4) is 22.8 Å². The van der Waals surface area contributed by atoms with Crippen LogP contribution in [0.2, 0.25) is 0 Å². The van der Waals surface area contributed by atoms with E-state index < -0.39 is 0 Å². The number of benzene rings is 3. The number of aryl methyl sites for hydroxylation is 3. The van der Waals surface area contributed by atoms with Crippen molar-refractivity contribution in [2.24, 2.45) is 0 Å². The van der Waals surface area contributed by atoms with E-state index in [1.54, 1.807) is 18.2 Å². The zero-order chi connectivity index (χ0) is 23.5. The minimum Gasteiger partial charge on any atom is -0.507 e. The molecule has 8 heteroatoms. The predicted molar refractivity (Wildman–Crippen MR) is 136 cm³/mol. The zero-order valence-corrected chi connectivity index (χ0v) is 20.9. The molecule has 0 aliphatic heterocycles. The van der Waals surface area contributed by atoms with E-state index in [9.17, 15) is 9.90 Å². The van der Waals surface area contributed by atoms with Crippen LogP contribution >= 0.6 is 27.7 Å². The van der Waals surface area contributed by atoms with Gasteiger partial charge in [0.2, 0.25) is 5.91 Å². The van der Waals surface area contributed by atoms with Crippen LogP contribution in [0.15, 0.2) is 70.3 Å². The van der Waals surface area contributed by atoms with Crippen LogP contribution < -0.4 is 5.32 Å². The highest BCUT2D eigenvalue weighted by Crippen LogP contribution is 2.35. The van der Waals surface area contributed by atoms with Crippen LogP contribution in [-0.4, -0.2) is 31.5 Å². The molecule has 0 bridgehead atoms. The van der Waals surface area contributed by atoms with Gasteiger partial charge >= 0.3 is 0 Å². The first-order valence-corrected chi connectivity index (χ1v) is 12.1. The summed E-state index contributed by atoms with van der Waals surface area (Å²) in [5.74, 6) is 0.639. The summed E-state index contributed by atoms with van der Waals surface area (Å²) in [4.78, 5) is 12.6. The molecule has 0 aliphatic rings. The third-order valence-corrected chi connectivity index (χ3v) is 6.52. The highest BCUT2D eigenvalue weighted by Gasteiger charge is 2.21. The Hall–Kier alpha value is -3.10. The highest BCUT2D eigenvalue weighted by molar-refractivity contribution is 9.10. The van der Waals surface area contributed by atoms with Crippen molar-refractivity contribution in [2.45, 2.75) is 25.9 Å². The van der Waals surface area contributed by atoms with Crippen LogP contribution in [0.5, 0.6) is 5.75 Å². The van der Waals surface area contributed by atoms with Gasteiger partial charge in [-0.25, -0.2) is 0 Å². The molecule has 0 spiro atoms. The first kappa shape index (κ1) is 23.1. The van der Waals surface area contributed by atoms with Crippen LogP contribution in [-0.2, 0) is 4.79 Å². The summed E-state index contributed by atoms with van der Waals surface area (Å²) in [6.45, 7) is 6.06. The van der Waals surface area contributed by atoms with Gasteiger partial charge < -0.3 is 10.4 Å². The van der Waals surface area contributed by atoms with Crippen molar-refractivity contribution in [2.75, 3.05) is 11.1 Å². The minimum atomic E-state index is -0.133. The van der Waals surface area contributed by atoms with Crippen LogP contribution in [0.3, 0.4) is 0 Å². The maximum absolute atomic E-state index is 12.6. The third-order valence-electron chi connectivity index (χ3n) is 5.09. The number of phenols is 1. The minimum absolute atomic E-state index is 0.102. The number of thioether (sulfide) groups is 1. The lowest BCUT2D eigenvalue weighted by Gasteiger charge is -2.14. The van der Waals surface area contributed by atoms with Gasteiger partial charge in [-0.2, -0.15) is 0 Å². The normalized spacial score (nSPS) is 10.9. The molecule has 0 saturated carbocycles. The average molecular weight is 523 g/mol. The maximum atomic E-state index is 12.6. The van der Waals surface area contributed by atoms with E-state index in [-0.39, 0.29) is 17.4 Å². The van der Waals surface area contributed by atoms with E-state index in [2.05, 4.69) is 37.5 Å². The standard InChI is InChI=1S/C25H23BrN4O2S/c1-15-4-8-19(9-5-15)27-23(32)14-33-25-29-28-24(20-13-18(26)7-11-22(20)31)30(25)21-10-6-16(2)12-17(21)3/h4-13,31H,14H2,1-3H3,(H,27,32). The number of hydrogen-bond donors (Lipinski definition) is 2. The second-order valence-corrected chi connectivity index (χ2v) is 9.65. The molecule has 0 fully saturated rings. The van der Waals surface area contributed by atoms with Gasteiger partial charge in [-0.05, 0) is 62.7 Å². The molecule has 0 unspecified atom stereocenters. The quantitative estimate of drug-likeness (QED) is 0.301. The lowest BCUT2D eigenvalue weighted by atomic mass is 10.1. The van der Waals surface area contributed by atoms with Crippen LogP contribution in [0.4, 0.5) is 5.69 Å². The number of aromatic nitrogens is 3. The Labute approximate surface area is 205 Å². The molecule has 1 amide bonds. The fraction of sp³-hybridized carbons (Fsp3) is 0.160. The van der Waals surface area contributed by atoms with Gasteiger partial charge in [-0.3, -0.25) is 9.36 Å². The van der Waals surface area contributed by atoms with Crippen molar-refractivity contribution >= 4 is 39.3 Å². The van der Waals surface area contributed by atoms with Crippen LogP contribution in [0.1, 0.15) is 16.7 Å². The number of rotatable bonds is 6. The first-order chi connectivity index (χ1) is 15.8. The van der Waals surface area contributed by atoms with E-state index >= 15 is 0 Å². The number of nitrogens with one attached hydrogen (secondary N) is 1. The summed E-state index contributed by atoms with van der Waals surface area (Å²) in [7, 11) is 0. The van der Waals surface area contributed by atoms with Crippen LogP contribution in [0.25, 0.3) is 17.1 Å². The zero-order valence-electron chi connectivity index (χ0n) is 18.5. The van der Waals surface area contributed by atoms with E-state index in [0.29, 0.717) is 16.5 Å². The largest absolute Gasteiger partial charge is 0.507 e. The summed E-state index contributed by atoms with van der Waals surface area (Å²) in [6.07, 6.45) is 0. The molecule has 3 aromatic carbocycles. The second-order valence-electron chi connectivity index (χ2n) is 7.80. The highest BCUT2D eigenvalue weighted by atomic mass is 79.9. The maximum Gasteiger partial charge on any atom is 0.234 e. The molecular weight excluding hydrogens is 500 g/mol. The third kappa shape index (κ3) is 5.29. The Bertz CT molecular complexity index is 1320. The predicted octanol–water partition coefficient (Wildman–Crippen LogP) is 6.06. The molecule has 1 heterocycles. The lowest BCUT2D eigenvalue weighted by Crippen LogP contribution is -2.14. The molecule has 0 aliphatic carbocycles. The number of nitrogens with zero attached hydrogens (tertiary/aromatic N) is 3. The smallest absolute Gasteiger partial charge is 0.234 e. The summed E-state index contributed by atoms with van der Waals surface area (Å²) in [6, 6.07) is 19.0. The Kier molecular flexibility index (Phi) is 6.85. The number of carbonyl (C=O) groups is 1. The molecule has 4 aromatic rings. The summed E-state index contributed by atoms with van der Waals surface area (Å²) in [5, 5.41) is 22.7. The van der Waals surface area contributed by atoms with Crippen LogP contribution in [0, 0.1) is 20.8 Å². The number of amides is 1. The molecule has 168 valence electrons. The topological polar surface area (TPSA) is 80.0 Å². The number of carbonyl (C=O) groups excluding carboxylic acids is 1. The molecule has 0 atom stereocenters. The van der Waals surface area contributed by atoms with Crippen molar-refractivity contribution < 1.29 is 9.90 Å². The molecule has 1 aromatic heterocycles. The molecule has 33 heavy (non-hydrogen) atoms. The molecular formula is C25H23BrN4O2S. The molecule has 0 radical (unpaired) electrons.